The smallest absolute Gasteiger partial charge is 0.335 e. The summed E-state index contributed by atoms with van der Waals surface area (Å²) in [7, 11) is 0. The van der Waals surface area contributed by atoms with Gasteiger partial charge in [-0.15, -0.1) is 0 Å². The number of aliphatic carboxylic acids is 1. The fourth-order valence-electron chi connectivity index (χ4n) is 3.33. The van der Waals surface area contributed by atoms with Crippen LogP contribution in [0.3, 0.4) is 0 Å². The molecule has 0 saturated carbocycles. The van der Waals surface area contributed by atoms with Crippen LogP contribution in [0.2, 0.25) is 0 Å². The predicted octanol–water partition coefficient (Wildman–Crippen LogP) is 2.60. The van der Waals surface area contributed by atoms with Gasteiger partial charge < -0.3 is 29.9 Å². The Bertz CT molecular complexity index is 391. The number of hydrogen-bond donors (Lipinski definition) is 4. The molecular weight excluding hydrogens is 352 g/mol. The first kappa shape index (κ1) is 24.3. The van der Waals surface area contributed by atoms with Crippen molar-refractivity contribution in [2.45, 2.75) is 115 Å². The van der Waals surface area contributed by atoms with Crippen molar-refractivity contribution in [2.24, 2.45) is 0 Å². The van der Waals surface area contributed by atoms with Gasteiger partial charge >= 0.3 is 5.97 Å². The van der Waals surface area contributed by atoms with E-state index < -0.39 is 36.7 Å². The van der Waals surface area contributed by atoms with Gasteiger partial charge in [-0.2, -0.15) is 0 Å². The first-order valence-electron chi connectivity index (χ1n) is 10.5. The van der Waals surface area contributed by atoms with Gasteiger partial charge in [0.1, 0.15) is 18.3 Å². The van der Waals surface area contributed by atoms with Gasteiger partial charge in [0.15, 0.2) is 12.4 Å². The van der Waals surface area contributed by atoms with Crippen molar-refractivity contribution in [3.05, 3.63) is 0 Å². The molecule has 1 rings (SSSR count). The molecule has 160 valence electrons. The third-order valence-corrected chi connectivity index (χ3v) is 5.09. The monoisotopic (exact) mass is 390 g/mol. The largest absolute Gasteiger partial charge is 0.479 e. The first-order chi connectivity index (χ1) is 13.0. The maximum atomic E-state index is 11.0. The molecule has 1 saturated heterocycles. The molecule has 4 N–H and O–H groups in total. The minimum atomic E-state index is -1.68. The summed E-state index contributed by atoms with van der Waals surface area (Å²) in [5.74, 6) is -1.40. The lowest BCUT2D eigenvalue weighted by molar-refractivity contribution is -0.294. The standard InChI is InChI=1S/C20H38O7/c1-2-3-4-5-6-7-8-9-10-11-12-13-14-26-20-17(23)15(21)16(22)18(27-20)19(24)25/h15-18,20-23H,2-14H2,1H3,(H,24,25)/t15-,16+,17+,18-,20?/m0/s1. The zero-order chi connectivity index (χ0) is 20.1. The molecule has 1 fully saturated rings. The summed E-state index contributed by atoms with van der Waals surface area (Å²) in [6.45, 7) is 2.55. The van der Waals surface area contributed by atoms with E-state index in [-0.39, 0.29) is 0 Å². The molecule has 1 unspecified atom stereocenters. The average molecular weight is 391 g/mol. The van der Waals surface area contributed by atoms with Crippen LogP contribution < -0.4 is 0 Å². The minimum absolute atomic E-state index is 0.314. The molecule has 5 atom stereocenters. The molecule has 0 radical (unpaired) electrons. The molecule has 0 amide bonds. The third-order valence-electron chi connectivity index (χ3n) is 5.09. The quantitative estimate of drug-likeness (QED) is 0.318. The molecule has 7 heteroatoms. The number of carboxylic acid groups (broad SMARTS) is 1. The Labute approximate surface area is 162 Å². The summed E-state index contributed by atoms with van der Waals surface area (Å²) in [4.78, 5) is 11.0. The lowest BCUT2D eigenvalue weighted by Gasteiger charge is -2.38. The van der Waals surface area contributed by atoms with Crippen molar-refractivity contribution >= 4 is 5.97 Å². The summed E-state index contributed by atoms with van der Waals surface area (Å²) in [5.41, 5.74) is 0. The zero-order valence-corrected chi connectivity index (χ0v) is 16.6. The molecule has 0 aromatic heterocycles. The number of aliphatic hydroxyl groups excluding tert-OH is 3. The Morgan fingerprint density at radius 1 is 0.778 bits per heavy atom. The fraction of sp³-hybridized carbons (Fsp3) is 0.950. The second-order valence-electron chi connectivity index (χ2n) is 7.49. The second kappa shape index (κ2) is 14.3. The average Bonchev–Trinajstić information content (AvgIpc) is 2.65. The SMILES string of the molecule is CCCCCCCCCCCCCCOC1O[C@H](C(=O)O)[C@H](O)[C@H](O)[C@H]1O. The van der Waals surface area contributed by atoms with Crippen LogP contribution in [0.5, 0.6) is 0 Å². The van der Waals surface area contributed by atoms with Crippen molar-refractivity contribution in [1.82, 2.24) is 0 Å². The van der Waals surface area contributed by atoms with Crippen LogP contribution in [0.25, 0.3) is 0 Å². The van der Waals surface area contributed by atoms with Crippen molar-refractivity contribution in [3.63, 3.8) is 0 Å². The van der Waals surface area contributed by atoms with Crippen LogP contribution in [-0.2, 0) is 14.3 Å². The third kappa shape index (κ3) is 9.34. The van der Waals surface area contributed by atoms with E-state index in [0.717, 1.165) is 19.3 Å². The Morgan fingerprint density at radius 3 is 1.74 bits per heavy atom. The topological polar surface area (TPSA) is 116 Å². The van der Waals surface area contributed by atoms with Crippen LogP contribution >= 0.6 is 0 Å². The van der Waals surface area contributed by atoms with Gasteiger partial charge in [-0.3, -0.25) is 0 Å². The van der Waals surface area contributed by atoms with Gasteiger partial charge in [0, 0.05) is 6.61 Å². The Morgan fingerprint density at radius 2 is 1.26 bits per heavy atom. The fourth-order valence-corrected chi connectivity index (χ4v) is 3.33. The molecule has 1 aliphatic heterocycles. The number of carbonyl (C=O) groups is 1. The summed E-state index contributed by atoms with van der Waals surface area (Å²) >= 11 is 0. The Hall–Kier alpha value is -0.730. The molecular formula is C20H38O7. The molecule has 7 nitrogen and oxygen atoms in total. The number of hydrogen-bond acceptors (Lipinski definition) is 6. The van der Waals surface area contributed by atoms with E-state index in [4.69, 9.17) is 14.6 Å². The van der Waals surface area contributed by atoms with E-state index in [2.05, 4.69) is 6.92 Å². The maximum Gasteiger partial charge on any atom is 0.335 e. The summed E-state index contributed by atoms with van der Waals surface area (Å²) in [6, 6.07) is 0. The van der Waals surface area contributed by atoms with Crippen molar-refractivity contribution in [3.8, 4) is 0 Å². The lowest BCUT2D eigenvalue weighted by Crippen LogP contribution is -2.60. The molecule has 27 heavy (non-hydrogen) atoms. The zero-order valence-electron chi connectivity index (χ0n) is 16.6. The first-order valence-corrected chi connectivity index (χ1v) is 10.5. The van der Waals surface area contributed by atoms with E-state index in [9.17, 15) is 20.1 Å². The predicted molar refractivity (Wildman–Crippen MR) is 101 cm³/mol. The van der Waals surface area contributed by atoms with Crippen molar-refractivity contribution in [1.29, 1.82) is 0 Å². The van der Waals surface area contributed by atoms with E-state index in [1.165, 1.54) is 57.8 Å². The van der Waals surface area contributed by atoms with Gasteiger partial charge in [0.25, 0.3) is 0 Å². The second-order valence-corrected chi connectivity index (χ2v) is 7.49. The van der Waals surface area contributed by atoms with E-state index >= 15 is 0 Å². The van der Waals surface area contributed by atoms with Crippen molar-refractivity contribution < 1.29 is 34.7 Å². The molecule has 1 heterocycles. The molecule has 0 bridgehead atoms. The number of unbranched alkanes of at least 4 members (excludes halogenated alkanes) is 11. The van der Waals surface area contributed by atoms with Gasteiger partial charge in [-0.1, -0.05) is 77.6 Å². The highest BCUT2D eigenvalue weighted by molar-refractivity contribution is 5.73. The van der Waals surface area contributed by atoms with Gasteiger partial charge in [0.2, 0.25) is 0 Å². The minimum Gasteiger partial charge on any atom is -0.479 e. The normalized spacial score (nSPS) is 28.4. The molecule has 1 aliphatic rings. The van der Waals surface area contributed by atoms with Crippen LogP contribution in [-0.4, -0.2) is 63.7 Å². The van der Waals surface area contributed by atoms with Crippen LogP contribution in [0, 0.1) is 0 Å². The van der Waals surface area contributed by atoms with Crippen LogP contribution in [0.4, 0.5) is 0 Å². The number of ether oxygens (including phenoxy) is 2. The summed E-state index contributed by atoms with van der Waals surface area (Å²) < 4.78 is 10.4. The number of aliphatic hydroxyl groups is 3. The molecule has 0 spiro atoms. The van der Waals surface area contributed by atoms with Gasteiger partial charge in [0.05, 0.1) is 0 Å². The number of rotatable bonds is 15. The van der Waals surface area contributed by atoms with Crippen LogP contribution in [0.1, 0.15) is 84.0 Å². The van der Waals surface area contributed by atoms with Crippen molar-refractivity contribution in [2.75, 3.05) is 6.61 Å². The Kier molecular flexibility index (Phi) is 12.9. The highest BCUT2D eigenvalue weighted by atomic mass is 16.7. The van der Waals surface area contributed by atoms with E-state index in [1.807, 2.05) is 0 Å². The van der Waals surface area contributed by atoms with E-state index in [0.29, 0.717) is 6.61 Å². The molecule has 0 aromatic rings. The van der Waals surface area contributed by atoms with Crippen LogP contribution in [0.15, 0.2) is 0 Å². The lowest BCUT2D eigenvalue weighted by atomic mass is 9.99. The van der Waals surface area contributed by atoms with Gasteiger partial charge in [-0.05, 0) is 6.42 Å². The maximum absolute atomic E-state index is 11.0. The summed E-state index contributed by atoms with van der Waals surface area (Å²) in [6.07, 6.45) is 7.07. The Balaban J connectivity index is 2.02. The van der Waals surface area contributed by atoms with E-state index in [1.54, 1.807) is 0 Å². The number of carboxylic acids is 1. The molecule has 0 aromatic carbocycles. The highest BCUT2D eigenvalue weighted by Gasteiger charge is 2.47. The molecule has 0 aliphatic carbocycles. The highest BCUT2D eigenvalue weighted by Crippen LogP contribution is 2.22. The van der Waals surface area contributed by atoms with Gasteiger partial charge in [-0.25, -0.2) is 4.79 Å². The summed E-state index contributed by atoms with van der Waals surface area (Å²) in [5, 5.41) is 38.2.